The van der Waals surface area contributed by atoms with Gasteiger partial charge in [0.2, 0.25) is 0 Å². The summed E-state index contributed by atoms with van der Waals surface area (Å²) < 4.78 is 25.5. The molecule has 2 rings (SSSR count). The first-order valence-electron chi connectivity index (χ1n) is 8.59. The minimum atomic E-state index is -0.249. The lowest BCUT2D eigenvalue weighted by Gasteiger charge is -2.17. The normalized spacial score (nSPS) is 10.7. The molecule has 3 nitrogen and oxygen atoms in total. The maximum Gasteiger partial charge on any atom is 0.167 e. The lowest BCUT2D eigenvalue weighted by atomic mass is 10.1. The molecule has 0 spiro atoms. The van der Waals surface area contributed by atoms with Crippen LogP contribution in [-0.4, -0.2) is 13.7 Å². The molecule has 0 bridgehead atoms. The second-order valence-corrected chi connectivity index (χ2v) is 6.71. The summed E-state index contributed by atoms with van der Waals surface area (Å²) >= 11 is 3.60. The summed E-state index contributed by atoms with van der Waals surface area (Å²) in [6, 6.07) is 10.2. The number of rotatable bonds is 10. The van der Waals surface area contributed by atoms with Crippen molar-refractivity contribution in [2.45, 2.75) is 39.3 Å². The Morgan fingerprint density at radius 2 is 1.84 bits per heavy atom. The van der Waals surface area contributed by atoms with Crippen LogP contribution in [0.2, 0.25) is 0 Å². The largest absolute Gasteiger partial charge is 0.493 e. The van der Waals surface area contributed by atoms with Gasteiger partial charge >= 0.3 is 0 Å². The van der Waals surface area contributed by atoms with Crippen molar-refractivity contribution in [3.63, 3.8) is 0 Å². The van der Waals surface area contributed by atoms with E-state index in [1.54, 1.807) is 19.2 Å². The first-order chi connectivity index (χ1) is 12.2. The Balaban J connectivity index is 2.10. The minimum absolute atomic E-state index is 0.249. The van der Waals surface area contributed by atoms with Crippen LogP contribution in [0.5, 0.6) is 11.5 Å². The van der Waals surface area contributed by atoms with E-state index < -0.39 is 0 Å². The van der Waals surface area contributed by atoms with Crippen LogP contribution in [0.1, 0.15) is 37.3 Å². The number of benzene rings is 2. The molecule has 2 aromatic rings. The van der Waals surface area contributed by atoms with Gasteiger partial charge in [-0.2, -0.15) is 0 Å². The number of ether oxygens (including phenoxy) is 2. The van der Waals surface area contributed by atoms with Gasteiger partial charge < -0.3 is 14.8 Å². The molecule has 0 radical (unpaired) electrons. The van der Waals surface area contributed by atoms with Gasteiger partial charge in [-0.3, -0.25) is 0 Å². The van der Waals surface area contributed by atoms with Crippen LogP contribution in [0.3, 0.4) is 0 Å². The molecule has 0 atom stereocenters. The second-order valence-electron chi connectivity index (χ2n) is 5.86. The van der Waals surface area contributed by atoms with Crippen LogP contribution < -0.4 is 14.8 Å². The Morgan fingerprint density at radius 1 is 1.08 bits per heavy atom. The van der Waals surface area contributed by atoms with Gasteiger partial charge in [0, 0.05) is 16.6 Å². The number of unbranched alkanes of at least 4 members (excludes halogenated alkanes) is 2. The van der Waals surface area contributed by atoms with Crippen molar-refractivity contribution in [2.75, 3.05) is 13.7 Å². The predicted octanol–water partition coefficient (Wildman–Crippen LogP) is 5.46. The highest BCUT2D eigenvalue weighted by Crippen LogP contribution is 2.36. The van der Waals surface area contributed by atoms with E-state index in [0.29, 0.717) is 24.7 Å². The Morgan fingerprint density at radius 3 is 2.52 bits per heavy atom. The third-order valence-electron chi connectivity index (χ3n) is 3.94. The molecule has 25 heavy (non-hydrogen) atoms. The zero-order valence-corrected chi connectivity index (χ0v) is 16.4. The van der Waals surface area contributed by atoms with E-state index in [1.807, 2.05) is 12.1 Å². The van der Waals surface area contributed by atoms with Crippen molar-refractivity contribution in [3.8, 4) is 11.5 Å². The molecular weight excluding hydrogens is 385 g/mol. The fraction of sp³-hybridized carbons (Fsp3) is 0.400. The average Bonchev–Trinajstić information content (AvgIpc) is 2.62. The highest BCUT2D eigenvalue weighted by atomic mass is 79.9. The molecule has 0 aromatic heterocycles. The summed E-state index contributed by atoms with van der Waals surface area (Å²) in [6.45, 7) is 4.21. The van der Waals surface area contributed by atoms with Crippen LogP contribution in [-0.2, 0) is 13.2 Å². The van der Waals surface area contributed by atoms with Crippen LogP contribution >= 0.6 is 15.9 Å². The fourth-order valence-corrected chi connectivity index (χ4v) is 2.97. The lowest BCUT2D eigenvalue weighted by molar-refractivity contribution is 0.280. The molecule has 0 saturated heterocycles. The maximum atomic E-state index is 13.0. The Kier molecular flexibility index (Phi) is 8.22. The second kappa shape index (κ2) is 10.4. The quantitative estimate of drug-likeness (QED) is 0.528. The summed E-state index contributed by atoms with van der Waals surface area (Å²) in [5, 5.41) is 3.46. The van der Waals surface area contributed by atoms with Crippen molar-refractivity contribution < 1.29 is 13.9 Å². The molecule has 5 heteroatoms. The molecule has 0 saturated carbocycles. The van der Waals surface area contributed by atoms with Crippen molar-refractivity contribution in [3.05, 3.63) is 57.8 Å². The van der Waals surface area contributed by atoms with E-state index in [0.717, 1.165) is 28.6 Å². The molecule has 0 amide bonds. The number of halogens is 2. The van der Waals surface area contributed by atoms with E-state index in [1.165, 1.54) is 25.0 Å². The molecule has 0 unspecified atom stereocenters. The van der Waals surface area contributed by atoms with E-state index in [4.69, 9.17) is 9.47 Å². The van der Waals surface area contributed by atoms with Crippen molar-refractivity contribution in [1.82, 2.24) is 5.32 Å². The van der Waals surface area contributed by atoms with E-state index in [9.17, 15) is 4.39 Å². The molecule has 1 N–H and O–H groups in total. The number of methoxy groups -OCH3 is 1. The van der Waals surface area contributed by atoms with Crippen molar-refractivity contribution in [2.24, 2.45) is 0 Å². The fourth-order valence-electron chi connectivity index (χ4n) is 2.52. The minimum Gasteiger partial charge on any atom is -0.493 e. The van der Waals surface area contributed by atoms with Crippen LogP contribution in [0, 0.1) is 5.82 Å². The lowest BCUT2D eigenvalue weighted by Crippen LogP contribution is -2.16. The third-order valence-corrected chi connectivity index (χ3v) is 4.69. The molecular formula is C20H25BrFNO2. The van der Waals surface area contributed by atoms with E-state index >= 15 is 0 Å². The highest BCUT2D eigenvalue weighted by molar-refractivity contribution is 9.10. The van der Waals surface area contributed by atoms with Crippen molar-refractivity contribution in [1.29, 1.82) is 0 Å². The first-order valence-corrected chi connectivity index (χ1v) is 9.38. The van der Waals surface area contributed by atoms with E-state index in [2.05, 4.69) is 28.2 Å². The monoisotopic (exact) mass is 409 g/mol. The number of nitrogens with one attached hydrogen (secondary N) is 1. The zero-order valence-electron chi connectivity index (χ0n) is 14.8. The predicted molar refractivity (Wildman–Crippen MR) is 103 cm³/mol. The van der Waals surface area contributed by atoms with Gasteiger partial charge in [0.25, 0.3) is 0 Å². The molecule has 0 aliphatic rings. The maximum absolute atomic E-state index is 13.0. The van der Waals surface area contributed by atoms with Gasteiger partial charge in [0.1, 0.15) is 12.4 Å². The van der Waals surface area contributed by atoms with Gasteiger partial charge in [-0.15, -0.1) is 0 Å². The SMILES string of the molecule is CCCCCNCc1c(Br)ccc(OC)c1OCc1ccc(F)cc1. The van der Waals surface area contributed by atoms with Gasteiger partial charge in [-0.1, -0.05) is 47.8 Å². The van der Waals surface area contributed by atoms with Gasteiger partial charge in [-0.05, 0) is 42.8 Å². The molecule has 0 aliphatic carbocycles. The standard InChI is InChI=1S/C20H25BrFNO2/c1-3-4-5-12-23-13-17-18(21)10-11-19(24-2)20(17)25-14-15-6-8-16(22)9-7-15/h6-11,23H,3-5,12-14H2,1-2H3. The summed E-state index contributed by atoms with van der Waals surface area (Å²) in [5.41, 5.74) is 1.93. The summed E-state index contributed by atoms with van der Waals surface area (Å²) in [4.78, 5) is 0. The Bertz CT molecular complexity index is 661. The smallest absolute Gasteiger partial charge is 0.167 e. The number of hydrogen-bond donors (Lipinski definition) is 1. The molecule has 2 aromatic carbocycles. The van der Waals surface area contributed by atoms with Crippen LogP contribution in [0.4, 0.5) is 4.39 Å². The van der Waals surface area contributed by atoms with E-state index in [-0.39, 0.29) is 5.82 Å². The summed E-state index contributed by atoms with van der Waals surface area (Å²) in [5.74, 6) is 1.15. The highest BCUT2D eigenvalue weighted by Gasteiger charge is 2.14. The van der Waals surface area contributed by atoms with Crippen LogP contribution in [0.25, 0.3) is 0 Å². The molecule has 0 aliphatic heterocycles. The molecule has 0 heterocycles. The molecule has 0 fully saturated rings. The topological polar surface area (TPSA) is 30.5 Å². The zero-order chi connectivity index (χ0) is 18.1. The van der Waals surface area contributed by atoms with Gasteiger partial charge in [0.05, 0.1) is 7.11 Å². The number of hydrogen-bond acceptors (Lipinski definition) is 3. The Labute approximate surface area is 157 Å². The summed E-state index contributed by atoms with van der Waals surface area (Å²) in [7, 11) is 1.63. The third kappa shape index (κ3) is 6.01. The molecule has 136 valence electrons. The van der Waals surface area contributed by atoms with Crippen LogP contribution in [0.15, 0.2) is 40.9 Å². The first kappa shape index (κ1) is 19.7. The van der Waals surface area contributed by atoms with Gasteiger partial charge in [-0.25, -0.2) is 4.39 Å². The van der Waals surface area contributed by atoms with Crippen molar-refractivity contribution >= 4 is 15.9 Å². The summed E-state index contributed by atoms with van der Waals surface area (Å²) in [6.07, 6.45) is 3.58. The Hall–Kier alpha value is -1.59. The van der Waals surface area contributed by atoms with Gasteiger partial charge in [0.15, 0.2) is 11.5 Å². The average molecular weight is 410 g/mol.